The standard InChI is InChI=1S/C16H19BrN2/c1-10-6-7-15(13(4)12(10)3)19(5)16-11(2)8-14(17)9-18-16/h6-9H,1-5H3. The molecular formula is C16H19BrN2. The summed E-state index contributed by atoms with van der Waals surface area (Å²) in [6, 6.07) is 6.43. The number of nitrogens with zero attached hydrogens (tertiary/aromatic N) is 2. The summed E-state index contributed by atoms with van der Waals surface area (Å²) < 4.78 is 1.01. The van der Waals surface area contributed by atoms with Gasteiger partial charge in [0.15, 0.2) is 0 Å². The first-order valence-electron chi connectivity index (χ1n) is 6.34. The number of hydrogen-bond acceptors (Lipinski definition) is 2. The minimum atomic E-state index is 0.995. The summed E-state index contributed by atoms with van der Waals surface area (Å²) in [5.41, 5.74) is 6.36. The molecule has 0 amide bonds. The minimum absolute atomic E-state index is 0.995. The van der Waals surface area contributed by atoms with E-state index in [1.54, 1.807) is 0 Å². The molecule has 0 aliphatic rings. The lowest BCUT2D eigenvalue weighted by Gasteiger charge is -2.24. The number of aryl methyl sites for hydroxylation is 2. The molecule has 2 aromatic rings. The Balaban J connectivity index is 2.50. The van der Waals surface area contributed by atoms with Crippen molar-refractivity contribution in [1.29, 1.82) is 0 Å². The van der Waals surface area contributed by atoms with Gasteiger partial charge in [-0.05, 0) is 78.0 Å². The molecule has 0 N–H and O–H groups in total. The molecule has 100 valence electrons. The van der Waals surface area contributed by atoms with Crippen molar-refractivity contribution in [3.63, 3.8) is 0 Å². The molecule has 0 saturated carbocycles. The van der Waals surface area contributed by atoms with E-state index in [9.17, 15) is 0 Å². The number of hydrogen-bond donors (Lipinski definition) is 0. The summed E-state index contributed by atoms with van der Waals surface area (Å²) in [4.78, 5) is 6.68. The van der Waals surface area contributed by atoms with Gasteiger partial charge in [-0.2, -0.15) is 0 Å². The van der Waals surface area contributed by atoms with Gasteiger partial charge in [-0.25, -0.2) is 4.98 Å². The quantitative estimate of drug-likeness (QED) is 0.787. The molecule has 19 heavy (non-hydrogen) atoms. The van der Waals surface area contributed by atoms with Crippen LogP contribution in [0.3, 0.4) is 0 Å². The summed E-state index contributed by atoms with van der Waals surface area (Å²) in [6.45, 7) is 8.57. The molecule has 2 rings (SSSR count). The van der Waals surface area contributed by atoms with E-state index in [0.29, 0.717) is 0 Å². The van der Waals surface area contributed by atoms with Crippen molar-refractivity contribution in [2.75, 3.05) is 11.9 Å². The highest BCUT2D eigenvalue weighted by Crippen LogP contribution is 2.31. The molecule has 0 bridgehead atoms. The summed E-state index contributed by atoms with van der Waals surface area (Å²) in [5, 5.41) is 0. The number of aromatic nitrogens is 1. The van der Waals surface area contributed by atoms with Crippen molar-refractivity contribution in [2.24, 2.45) is 0 Å². The Morgan fingerprint density at radius 3 is 2.32 bits per heavy atom. The fourth-order valence-electron chi connectivity index (χ4n) is 2.30. The van der Waals surface area contributed by atoms with Crippen LogP contribution >= 0.6 is 15.9 Å². The molecule has 0 fully saturated rings. The number of rotatable bonds is 2. The van der Waals surface area contributed by atoms with Crippen LogP contribution in [-0.2, 0) is 0 Å². The molecule has 1 aromatic carbocycles. The molecule has 0 aliphatic carbocycles. The highest BCUT2D eigenvalue weighted by Gasteiger charge is 2.12. The maximum absolute atomic E-state index is 4.53. The van der Waals surface area contributed by atoms with Gasteiger partial charge in [0.2, 0.25) is 0 Å². The maximum atomic E-state index is 4.53. The number of anilines is 2. The lowest BCUT2D eigenvalue weighted by Crippen LogP contribution is -2.14. The highest BCUT2D eigenvalue weighted by molar-refractivity contribution is 9.10. The first kappa shape index (κ1) is 14.1. The average molecular weight is 319 g/mol. The van der Waals surface area contributed by atoms with Crippen molar-refractivity contribution in [3.05, 3.63) is 51.1 Å². The third-order valence-electron chi connectivity index (χ3n) is 3.73. The van der Waals surface area contributed by atoms with Crippen molar-refractivity contribution in [1.82, 2.24) is 4.98 Å². The van der Waals surface area contributed by atoms with E-state index < -0.39 is 0 Å². The normalized spacial score (nSPS) is 10.6. The second-order valence-electron chi connectivity index (χ2n) is 5.00. The van der Waals surface area contributed by atoms with Crippen LogP contribution in [0.2, 0.25) is 0 Å². The van der Waals surface area contributed by atoms with Gasteiger partial charge in [-0.15, -0.1) is 0 Å². The summed E-state index contributed by atoms with van der Waals surface area (Å²) in [6.07, 6.45) is 1.84. The molecular weight excluding hydrogens is 300 g/mol. The van der Waals surface area contributed by atoms with E-state index in [1.165, 1.54) is 22.4 Å². The van der Waals surface area contributed by atoms with Crippen LogP contribution in [0.5, 0.6) is 0 Å². The van der Waals surface area contributed by atoms with Crippen molar-refractivity contribution in [2.45, 2.75) is 27.7 Å². The van der Waals surface area contributed by atoms with Gasteiger partial charge in [0.1, 0.15) is 5.82 Å². The monoisotopic (exact) mass is 318 g/mol. The molecule has 3 heteroatoms. The number of halogens is 1. The van der Waals surface area contributed by atoms with Gasteiger partial charge in [-0.1, -0.05) is 6.07 Å². The van der Waals surface area contributed by atoms with E-state index in [0.717, 1.165) is 15.9 Å². The van der Waals surface area contributed by atoms with Crippen molar-refractivity contribution >= 4 is 27.4 Å². The fourth-order valence-corrected chi connectivity index (χ4v) is 2.75. The number of benzene rings is 1. The minimum Gasteiger partial charge on any atom is -0.329 e. The predicted octanol–water partition coefficient (Wildman–Crippen LogP) is 4.85. The zero-order valence-corrected chi connectivity index (χ0v) is 13.7. The lowest BCUT2D eigenvalue weighted by molar-refractivity contribution is 1.08. The molecule has 0 radical (unpaired) electrons. The molecule has 1 aromatic heterocycles. The average Bonchev–Trinajstić information content (AvgIpc) is 2.35. The highest BCUT2D eigenvalue weighted by atomic mass is 79.9. The van der Waals surface area contributed by atoms with E-state index in [2.05, 4.69) is 78.8 Å². The van der Waals surface area contributed by atoms with Crippen LogP contribution in [-0.4, -0.2) is 12.0 Å². The molecule has 1 heterocycles. The lowest BCUT2D eigenvalue weighted by atomic mass is 10.0. The van der Waals surface area contributed by atoms with Crippen LogP contribution in [0, 0.1) is 27.7 Å². The zero-order valence-electron chi connectivity index (χ0n) is 12.1. The Kier molecular flexibility index (Phi) is 3.95. The summed E-state index contributed by atoms with van der Waals surface area (Å²) in [5.74, 6) is 0.995. The molecule has 0 saturated heterocycles. The Hall–Kier alpha value is -1.35. The van der Waals surface area contributed by atoms with Gasteiger partial charge in [0.25, 0.3) is 0 Å². The fraction of sp³-hybridized carbons (Fsp3) is 0.312. The summed E-state index contributed by atoms with van der Waals surface area (Å²) >= 11 is 3.46. The first-order valence-corrected chi connectivity index (χ1v) is 7.13. The Morgan fingerprint density at radius 2 is 1.68 bits per heavy atom. The van der Waals surface area contributed by atoms with Gasteiger partial charge >= 0.3 is 0 Å². The second-order valence-corrected chi connectivity index (χ2v) is 5.92. The van der Waals surface area contributed by atoms with Crippen molar-refractivity contribution in [3.8, 4) is 0 Å². The van der Waals surface area contributed by atoms with Gasteiger partial charge < -0.3 is 4.90 Å². The van der Waals surface area contributed by atoms with E-state index in [1.807, 2.05) is 6.20 Å². The Morgan fingerprint density at radius 1 is 1.00 bits per heavy atom. The smallest absolute Gasteiger partial charge is 0.135 e. The Bertz CT molecular complexity index is 620. The van der Waals surface area contributed by atoms with Crippen LogP contribution in [0.4, 0.5) is 11.5 Å². The van der Waals surface area contributed by atoms with Gasteiger partial charge in [-0.3, -0.25) is 0 Å². The van der Waals surface area contributed by atoms with Crippen LogP contribution < -0.4 is 4.90 Å². The SMILES string of the molecule is Cc1cc(Br)cnc1N(C)c1ccc(C)c(C)c1C. The molecule has 0 spiro atoms. The van der Waals surface area contributed by atoms with Crippen LogP contribution in [0.1, 0.15) is 22.3 Å². The third kappa shape index (κ3) is 2.66. The van der Waals surface area contributed by atoms with Crippen molar-refractivity contribution < 1.29 is 0 Å². The summed E-state index contributed by atoms with van der Waals surface area (Å²) in [7, 11) is 2.07. The Labute approximate surface area is 123 Å². The van der Waals surface area contributed by atoms with Gasteiger partial charge in [0, 0.05) is 23.4 Å². The van der Waals surface area contributed by atoms with Gasteiger partial charge in [0.05, 0.1) is 0 Å². The third-order valence-corrected chi connectivity index (χ3v) is 4.16. The number of pyridine rings is 1. The van der Waals surface area contributed by atoms with Crippen LogP contribution in [0.15, 0.2) is 28.9 Å². The molecule has 0 atom stereocenters. The zero-order chi connectivity index (χ0) is 14.2. The first-order chi connectivity index (χ1) is 8.91. The molecule has 0 unspecified atom stereocenters. The maximum Gasteiger partial charge on any atom is 0.135 e. The topological polar surface area (TPSA) is 16.1 Å². The van der Waals surface area contributed by atoms with E-state index in [4.69, 9.17) is 0 Å². The predicted molar refractivity (Wildman–Crippen MR) is 85.4 cm³/mol. The molecule has 0 aliphatic heterocycles. The largest absolute Gasteiger partial charge is 0.329 e. The second kappa shape index (κ2) is 5.33. The van der Waals surface area contributed by atoms with E-state index >= 15 is 0 Å². The van der Waals surface area contributed by atoms with E-state index in [-0.39, 0.29) is 0 Å². The van der Waals surface area contributed by atoms with Crippen LogP contribution in [0.25, 0.3) is 0 Å². The molecule has 2 nitrogen and oxygen atoms in total.